The maximum absolute atomic E-state index is 12.9. The third-order valence-electron chi connectivity index (χ3n) is 5.41. The number of benzene rings is 2. The molecule has 0 saturated carbocycles. The molecule has 0 fully saturated rings. The molecule has 0 unspecified atom stereocenters. The standard InChI is InChI=1S/C27H32O7/c1-5-12-22(34-24(28)23(31-2)21-15-10-7-11-16-21)17-18-27(25(29)32-3,26(30)33-4)19-20-13-8-6-9-14-20/h6-11,13-18,22-23H,5,12,19H2,1-4H3/b18-17+/t22-,23-/m1/s1. The quantitative estimate of drug-likeness (QED) is 0.199. The minimum atomic E-state index is -1.73. The van der Waals surface area contributed by atoms with E-state index in [0.717, 1.165) is 5.56 Å². The second-order valence-electron chi connectivity index (χ2n) is 7.77. The minimum absolute atomic E-state index is 0.0290. The molecule has 0 aliphatic rings. The van der Waals surface area contributed by atoms with E-state index < -0.39 is 35.5 Å². The first-order chi connectivity index (χ1) is 16.4. The normalized spacial score (nSPS) is 13.2. The second-order valence-corrected chi connectivity index (χ2v) is 7.77. The lowest BCUT2D eigenvalue weighted by atomic mass is 9.80. The average molecular weight is 469 g/mol. The first kappa shape index (κ1) is 26.8. The van der Waals surface area contributed by atoms with E-state index in [2.05, 4.69) is 0 Å². The molecule has 0 N–H and O–H groups in total. The van der Waals surface area contributed by atoms with Crippen LogP contribution in [0.3, 0.4) is 0 Å². The van der Waals surface area contributed by atoms with Crippen molar-refractivity contribution in [3.05, 3.63) is 83.9 Å². The summed E-state index contributed by atoms with van der Waals surface area (Å²) in [6, 6.07) is 18.1. The van der Waals surface area contributed by atoms with Crippen LogP contribution in [-0.4, -0.2) is 45.3 Å². The van der Waals surface area contributed by atoms with Crippen LogP contribution >= 0.6 is 0 Å². The highest BCUT2D eigenvalue weighted by Crippen LogP contribution is 2.30. The van der Waals surface area contributed by atoms with Crippen molar-refractivity contribution in [2.24, 2.45) is 5.41 Å². The zero-order valence-corrected chi connectivity index (χ0v) is 20.1. The van der Waals surface area contributed by atoms with Crippen molar-refractivity contribution in [3.63, 3.8) is 0 Å². The maximum Gasteiger partial charge on any atom is 0.340 e. The van der Waals surface area contributed by atoms with Crippen molar-refractivity contribution in [2.45, 2.75) is 38.4 Å². The van der Waals surface area contributed by atoms with Crippen molar-refractivity contribution in [1.82, 2.24) is 0 Å². The molecule has 7 heteroatoms. The first-order valence-corrected chi connectivity index (χ1v) is 11.1. The zero-order chi connectivity index (χ0) is 25.0. The molecule has 2 atom stereocenters. The number of methoxy groups -OCH3 is 3. The van der Waals surface area contributed by atoms with Crippen LogP contribution in [-0.2, 0) is 39.8 Å². The van der Waals surface area contributed by atoms with Gasteiger partial charge in [-0.2, -0.15) is 0 Å². The number of carbonyl (C=O) groups is 3. The van der Waals surface area contributed by atoms with E-state index in [1.807, 2.05) is 43.3 Å². The van der Waals surface area contributed by atoms with Crippen LogP contribution in [0.1, 0.15) is 37.0 Å². The van der Waals surface area contributed by atoms with Crippen LogP contribution in [0, 0.1) is 5.41 Å². The van der Waals surface area contributed by atoms with Gasteiger partial charge in [-0.15, -0.1) is 0 Å². The molecule has 0 heterocycles. The highest BCUT2D eigenvalue weighted by molar-refractivity contribution is 6.02. The molecule has 0 amide bonds. The second kappa shape index (κ2) is 13.3. The average Bonchev–Trinajstić information content (AvgIpc) is 2.87. The van der Waals surface area contributed by atoms with Gasteiger partial charge < -0.3 is 18.9 Å². The summed E-state index contributed by atoms with van der Waals surface area (Å²) in [6.07, 6.45) is 2.60. The smallest absolute Gasteiger partial charge is 0.340 e. The van der Waals surface area contributed by atoms with Crippen LogP contribution in [0.5, 0.6) is 0 Å². The SMILES string of the molecule is CCC[C@H](/C=C/C(Cc1ccccc1)(C(=O)OC)C(=O)OC)OC(=O)[C@H](OC)c1ccccc1. The summed E-state index contributed by atoms with van der Waals surface area (Å²) < 4.78 is 21.0. The third kappa shape index (κ3) is 6.78. The lowest BCUT2D eigenvalue weighted by molar-refractivity contribution is -0.165. The van der Waals surface area contributed by atoms with E-state index in [9.17, 15) is 14.4 Å². The van der Waals surface area contributed by atoms with Gasteiger partial charge in [0, 0.05) is 13.5 Å². The molecule has 0 aliphatic heterocycles. The van der Waals surface area contributed by atoms with E-state index in [-0.39, 0.29) is 6.42 Å². The largest absolute Gasteiger partial charge is 0.468 e. The summed E-state index contributed by atoms with van der Waals surface area (Å²) in [6.45, 7) is 1.94. The number of hydrogen-bond donors (Lipinski definition) is 0. The predicted molar refractivity (Wildman–Crippen MR) is 127 cm³/mol. The van der Waals surface area contributed by atoms with Gasteiger partial charge in [0.1, 0.15) is 6.10 Å². The van der Waals surface area contributed by atoms with Crippen LogP contribution in [0.25, 0.3) is 0 Å². The number of carbonyl (C=O) groups excluding carboxylic acids is 3. The fraction of sp³-hybridized carbons (Fsp3) is 0.370. The lowest BCUT2D eigenvalue weighted by Crippen LogP contribution is -2.42. The van der Waals surface area contributed by atoms with Crippen LogP contribution < -0.4 is 0 Å². The lowest BCUT2D eigenvalue weighted by Gasteiger charge is -2.26. The van der Waals surface area contributed by atoms with Gasteiger partial charge in [-0.1, -0.05) is 80.1 Å². The summed E-state index contributed by atoms with van der Waals surface area (Å²) in [5.74, 6) is -2.10. The molecule has 0 aliphatic carbocycles. The molecule has 2 aromatic carbocycles. The van der Waals surface area contributed by atoms with E-state index in [1.54, 1.807) is 30.3 Å². The highest BCUT2D eigenvalue weighted by atomic mass is 16.6. The number of hydrogen-bond acceptors (Lipinski definition) is 7. The summed E-state index contributed by atoms with van der Waals surface area (Å²) in [4.78, 5) is 38.6. The van der Waals surface area contributed by atoms with Crippen molar-refractivity contribution in [2.75, 3.05) is 21.3 Å². The molecule has 7 nitrogen and oxygen atoms in total. The fourth-order valence-electron chi connectivity index (χ4n) is 3.66. The molecule has 0 bridgehead atoms. The van der Waals surface area contributed by atoms with Crippen molar-refractivity contribution >= 4 is 17.9 Å². The van der Waals surface area contributed by atoms with E-state index in [0.29, 0.717) is 18.4 Å². The van der Waals surface area contributed by atoms with Crippen molar-refractivity contribution in [3.8, 4) is 0 Å². The first-order valence-electron chi connectivity index (χ1n) is 11.1. The van der Waals surface area contributed by atoms with Crippen LogP contribution in [0.2, 0.25) is 0 Å². The van der Waals surface area contributed by atoms with Gasteiger partial charge in [-0.3, -0.25) is 9.59 Å². The number of ether oxygens (including phenoxy) is 4. The predicted octanol–water partition coefficient (Wildman–Crippen LogP) is 4.22. The summed E-state index contributed by atoms with van der Waals surface area (Å²) >= 11 is 0. The Bertz CT molecular complexity index is 937. The van der Waals surface area contributed by atoms with Gasteiger partial charge >= 0.3 is 17.9 Å². The van der Waals surface area contributed by atoms with Crippen LogP contribution in [0.4, 0.5) is 0 Å². The molecular weight excluding hydrogens is 436 g/mol. The molecule has 34 heavy (non-hydrogen) atoms. The molecule has 0 saturated heterocycles. The molecule has 0 spiro atoms. The Kier molecular flexibility index (Phi) is 10.5. The number of rotatable bonds is 12. The van der Waals surface area contributed by atoms with Gasteiger partial charge in [-0.25, -0.2) is 4.79 Å². The van der Waals surface area contributed by atoms with Gasteiger partial charge in [0.2, 0.25) is 0 Å². The maximum atomic E-state index is 12.9. The van der Waals surface area contributed by atoms with Gasteiger partial charge in [0.05, 0.1) is 14.2 Å². The zero-order valence-electron chi connectivity index (χ0n) is 20.1. The Morgan fingerprint density at radius 2 is 1.44 bits per heavy atom. The van der Waals surface area contributed by atoms with Crippen molar-refractivity contribution in [1.29, 1.82) is 0 Å². The van der Waals surface area contributed by atoms with E-state index >= 15 is 0 Å². The summed E-state index contributed by atoms with van der Waals surface area (Å²) in [5.41, 5.74) is -0.323. The Morgan fingerprint density at radius 1 is 0.882 bits per heavy atom. The summed E-state index contributed by atoms with van der Waals surface area (Å²) in [5, 5.41) is 0. The molecule has 2 rings (SSSR count). The van der Waals surface area contributed by atoms with E-state index in [1.165, 1.54) is 27.4 Å². The number of esters is 3. The van der Waals surface area contributed by atoms with Crippen molar-refractivity contribution < 1.29 is 33.3 Å². The Balaban J connectivity index is 2.37. The van der Waals surface area contributed by atoms with Crippen LogP contribution in [0.15, 0.2) is 72.8 Å². The monoisotopic (exact) mass is 468 g/mol. The Morgan fingerprint density at radius 3 is 1.94 bits per heavy atom. The van der Waals surface area contributed by atoms with Gasteiger partial charge in [0.15, 0.2) is 11.5 Å². The van der Waals surface area contributed by atoms with E-state index in [4.69, 9.17) is 18.9 Å². The minimum Gasteiger partial charge on any atom is -0.468 e. The topological polar surface area (TPSA) is 88.1 Å². The molecule has 0 radical (unpaired) electrons. The summed E-state index contributed by atoms with van der Waals surface area (Å²) in [7, 11) is 3.86. The third-order valence-corrected chi connectivity index (χ3v) is 5.41. The van der Waals surface area contributed by atoms with Gasteiger partial charge in [0.25, 0.3) is 0 Å². The molecule has 2 aromatic rings. The molecule has 0 aromatic heterocycles. The highest BCUT2D eigenvalue weighted by Gasteiger charge is 2.46. The van der Waals surface area contributed by atoms with Gasteiger partial charge in [-0.05, 0) is 23.6 Å². The fourth-order valence-corrected chi connectivity index (χ4v) is 3.66. The molecule has 182 valence electrons. The Labute approximate surface area is 200 Å². The Hall–Kier alpha value is -3.45. The molecular formula is C27H32O7.